The van der Waals surface area contributed by atoms with Crippen LogP contribution >= 0.6 is 22.9 Å². The molecule has 0 saturated carbocycles. The van der Waals surface area contributed by atoms with Crippen molar-refractivity contribution in [2.24, 2.45) is 5.92 Å². The minimum absolute atomic E-state index is 0.0328. The molecule has 1 aromatic carbocycles. The molecule has 3 heterocycles. The summed E-state index contributed by atoms with van der Waals surface area (Å²) < 4.78 is 5.45. The van der Waals surface area contributed by atoms with E-state index in [2.05, 4.69) is 14.9 Å². The number of esters is 1. The molecule has 0 spiro atoms. The van der Waals surface area contributed by atoms with E-state index in [1.807, 2.05) is 30.3 Å². The van der Waals surface area contributed by atoms with E-state index in [9.17, 15) is 9.59 Å². The number of carbonyl (C=O) groups is 1. The van der Waals surface area contributed by atoms with Crippen LogP contribution in [0.4, 0.5) is 0 Å². The second-order valence-electron chi connectivity index (χ2n) is 6.92. The summed E-state index contributed by atoms with van der Waals surface area (Å²) in [5.74, 6) is 0.477. The molecule has 28 heavy (non-hydrogen) atoms. The van der Waals surface area contributed by atoms with Gasteiger partial charge in [-0.1, -0.05) is 23.7 Å². The Balaban J connectivity index is 1.52. The zero-order chi connectivity index (χ0) is 19.7. The van der Waals surface area contributed by atoms with E-state index in [4.69, 9.17) is 16.3 Å². The number of H-pyrrole nitrogens is 1. The predicted octanol–water partition coefficient (Wildman–Crippen LogP) is 3.69. The number of ether oxygens (including phenoxy) is 1. The van der Waals surface area contributed by atoms with Crippen LogP contribution in [0.5, 0.6) is 0 Å². The quantitative estimate of drug-likeness (QED) is 0.655. The number of hydrogen-bond donors (Lipinski definition) is 1. The first-order chi connectivity index (χ1) is 13.5. The summed E-state index contributed by atoms with van der Waals surface area (Å²) in [5.41, 5.74) is 1.60. The summed E-state index contributed by atoms with van der Waals surface area (Å²) >= 11 is 7.39. The van der Waals surface area contributed by atoms with E-state index in [-0.39, 0.29) is 17.4 Å². The topological polar surface area (TPSA) is 75.3 Å². The molecule has 0 atom stereocenters. The van der Waals surface area contributed by atoms with Crippen molar-refractivity contribution in [1.29, 1.82) is 0 Å². The number of benzene rings is 1. The Kier molecular flexibility index (Phi) is 5.48. The lowest BCUT2D eigenvalue weighted by Gasteiger charge is -2.30. The zero-order valence-corrected chi connectivity index (χ0v) is 17.0. The van der Waals surface area contributed by atoms with Crippen LogP contribution in [0.2, 0.25) is 5.02 Å². The molecule has 0 radical (unpaired) electrons. The standard InChI is InChI=1S/C20H20ClN3O3S/c1-27-20(26)13-6-8-24(9-7-13)11-17-22-15-10-16(28-18(15)19(25)23-17)12-2-4-14(21)5-3-12/h2-5,10,13H,6-9,11H2,1H3,(H,22,23,25). The highest BCUT2D eigenvalue weighted by molar-refractivity contribution is 7.22. The number of likely N-dealkylation sites (tertiary alicyclic amines) is 1. The highest BCUT2D eigenvalue weighted by atomic mass is 35.5. The van der Waals surface area contributed by atoms with Crippen molar-refractivity contribution in [1.82, 2.24) is 14.9 Å². The third-order valence-corrected chi connectivity index (χ3v) is 6.48. The molecule has 1 saturated heterocycles. The zero-order valence-electron chi connectivity index (χ0n) is 15.4. The number of thiophene rings is 1. The van der Waals surface area contributed by atoms with Gasteiger partial charge in [-0.3, -0.25) is 14.5 Å². The first-order valence-electron chi connectivity index (χ1n) is 9.12. The smallest absolute Gasteiger partial charge is 0.308 e. The van der Waals surface area contributed by atoms with E-state index < -0.39 is 0 Å². The van der Waals surface area contributed by atoms with Gasteiger partial charge in [-0.15, -0.1) is 11.3 Å². The number of aromatic amines is 1. The molecule has 0 unspecified atom stereocenters. The molecule has 146 valence electrons. The fraction of sp³-hybridized carbons (Fsp3) is 0.350. The maximum Gasteiger partial charge on any atom is 0.308 e. The predicted molar refractivity (Wildman–Crippen MR) is 111 cm³/mol. The molecule has 4 rings (SSSR count). The van der Waals surface area contributed by atoms with Crippen molar-refractivity contribution in [2.75, 3.05) is 20.2 Å². The summed E-state index contributed by atoms with van der Waals surface area (Å²) in [6, 6.07) is 9.50. The molecule has 1 N–H and O–H groups in total. The van der Waals surface area contributed by atoms with E-state index in [1.165, 1.54) is 18.4 Å². The molecule has 2 aromatic heterocycles. The summed E-state index contributed by atoms with van der Waals surface area (Å²) in [6.07, 6.45) is 1.52. The van der Waals surface area contributed by atoms with Gasteiger partial charge in [0, 0.05) is 9.90 Å². The molecule has 3 aromatic rings. The van der Waals surface area contributed by atoms with Crippen molar-refractivity contribution in [2.45, 2.75) is 19.4 Å². The Labute approximate surface area is 171 Å². The van der Waals surface area contributed by atoms with Crippen LogP contribution in [-0.4, -0.2) is 41.0 Å². The molecule has 0 aliphatic carbocycles. The average Bonchev–Trinajstić information content (AvgIpc) is 3.13. The number of halogens is 1. The number of nitrogens with zero attached hydrogens (tertiary/aromatic N) is 2. The van der Waals surface area contributed by atoms with Crippen molar-refractivity contribution >= 4 is 39.1 Å². The Morgan fingerprint density at radius 2 is 2.04 bits per heavy atom. The van der Waals surface area contributed by atoms with Crippen LogP contribution in [0.25, 0.3) is 20.7 Å². The molecule has 0 amide bonds. The number of nitrogens with one attached hydrogen (secondary N) is 1. The lowest BCUT2D eigenvalue weighted by atomic mass is 9.97. The largest absolute Gasteiger partial charge is 0.469 e. The number of fused-ring (bicyclic) bond motifs is 1. The first-order valence-corrected chi connectivity index (χ1v) is 10.3. The Morgan fingerprint density at radius 1 is 1.32 bits per heavy atom. The van der Waals surface area contributed by atoms with Gasteiger partial charge in [-0.05, 0) is 49.7 Å². The van der Waals surface area contributed by atoms with Gasteiger partial charge in [0.05, 0.1) is 25.1 Å². The first kappa shape index (κ1) is 19.1. The highest BCUT2D eigenvalue weighted by Crippen LogP contribution is 2.31. The van der Waals surface area contributed by atoms with E-state index in [0.29, 0.717) is 27.6 Å². The maximum atomic E-state index is 12.5. The van der Waals surface area contributed by atoms with E-state index >= 15 is 0 Å². The van der Waals surface area contributed by atoms with E-state index in [1.54, 1.807) is 0 Å². The summed E-state index contributed by atoms with van der Waals surface area (Å²) in [4.78, 5) is 34.9. The maximum absolute atomic E-state index is 12.5. The number of hydrogen-bond acceptors (Lipinski definition) is 6. The molecular formula is C20H20ClN3O3S. The van der Waals surface area contributed by atoms with Crippen molar-refractivity contribution in [3.05, 3.63) is 51.5 Å². The van der Waals surface area contributed by atoms with Crippen LogP contribution in [0.15, 0.2) is 35.1 Å². The monoisotopic (exact) mass is 417 g/mol. The molecule has 0 bridgehead atoms. The Hall–Kier alpha value is -2.22. The molecule has 8 heteroatoms. The van der Waals surface area contributed by atoms with Gasteiger partial charge in [0.1, 0.15) is 10.5 Å². The number of aromatic nitrogens is 2. The highest BCUT2D eigenvalue weighted by Gasteiger charge is 2.26. The number of rotatable bonds is 4. The van der Waals surface area contributed by atoms with Gasteiger partial charge in [0.2, 0.25) is 0 Å². The van der Waals surface area contributed by atoms with Crippen molar-refractivity contribution in [3.63, 3.8) is 0 Å². The molecular weight excluding hydrogens is 398 g/mol. The number of piperidine rings is 1. The second kappa shape index (κ2) is 8.03. The average molecular weight is 418 g/mol. The van der Waals surface area contributed by atoms with Crippen LogP contribution in [-0.2, 0) is 16.1 Å². The van der Waals surface area contributed by atoms with Gasteiger partial charge >= 0.3 is 5.97 Å². The van der Waals surface area contributed by atoms with Crippen LogP contribution in [0.1, 0.15) is 18.7 Å². The second-order valence-corrected chi connectivity index (χ2v) is 8.41. The number of methoxy groups -OCH3 is 1. The summed E-state index contributed by atoms with van der Waals surface area (Å²) in [5, 5.41) is 0.680. The molecule has 6 nitrogen and oxygen atoms in total. The van der Waals surface area contributed by atoms with Crippen LogP contribution in [0.3, 0.4) is 0 Å². The third-order valence-electron chi connectivity index (χ3n) is 5.06. The van der Waals surface area contributed by atoms with Crippen LogP contribution < -0.4 is 5.56 Å². The van der Waals surface area contributed by atoms with Crippen LogP contribution in [0, 0.1) is 5.92 Å². The van der Waals surface area contributed by atoms with Gasteiger partial charge in [0.25, 0.3) is 5.56 Å². The van der Waals surface area contributed by atoms with Gasteiger partial charge in [-0.25, -0.2) is 4.98 Å². The fourth-order valence-corrected chi connectivity index (χ4v) is 4.65. The fourth-order valence-electron chi connectivity index (χ4n) is 3.52. The van der Waals surface area contributed by atoms with Gasteiger partial charge in [-0.2, -0.15) is 0 Å². The molecule has 1 aliphatic rings. The normalized spacial score (nSPS) is 15.8. The molecule has 1 aliphatic heterocycles. The number of carbonyl (C=O) groups excluding carboxylic acids is 1. The van der Waals surface area contributed by atoms with Gasteiger partial charge < -0.3 is 9.72 Å². The molecule has 1 fully saturated rings. The lowest BCUT2D eigenvalue weighted by molar-refractivity contribution is -0.147. The Bertz CT molecular complexity index is 1050. The van der Waals surface area contributed by atoms with Gasteiger partial charge in [0.15, 0.2) is 0 Å². The SMILES string of the molecule is COC(=O)C1CCN(Cc2nc3cc(-c4ccc(Cl)cc4)sc3c(=O)[nH]2)CC1. The minimum Gasteiger partial charge on any atom is -0.469 e. The summed E-state index contributed by atoms with van der Waals surface area (Å²) in [7, 11) is 1.43. The van der Waals surface area contributed by atoms with Crippen molar-refractivity contribution in [3.8, 4) is 10.4 Å². The minimum atomic E-state index is -0.138. The summed E-state index contributed by atoms with van der Waals surface area (Å²) in [6.45, 7) is 2.12. The van der Waals surface area contributed by atoms with Crippen molar-refractivity contribution < 1.29 is 9.53 Å². The van der Waals surface area contributed by atoms with E-state index in [0.717, 1.165) is 36.4 Å². The lowest BCUT2D eigenvalue weighted by Crippen LogP contribution is -2.37. The Morgan fingerprint density at radius 3 is 2.71 bits per heavy atom. The third kappa shape index (κ3) is 3.97.